The van der Waals surface area contributed by atoms with Crippen LogP contribution in [0, 0.1) is 16.7 Å². The highest BCUT2D eigenvalue weighted by atomic mass is 35.5. The van der Waals surface area contributed by atoms with Gasteiger partial charge in [0.05, 0.1) is 11.3 Å². The molecule has 1 aromatic carbocycles. The Morgan fingerprint density at radius 1 is 1.05 bits per heavy atom. The van der Waals surface area contributed by atoms with E-state index in [1.54, 1.807) is 6.07 Å². The van der Waals surface area contributed by atoms with E-state index in [0.717, 1.165) is 29.4 Å². The number of nitrogens with zero attached hydrogens (tertiary/aromatic N) is 2. The maximum absolute atomic E-state index is 9.26. The molecule has 1 aliphatic heterocycles. The highest BCUT2D eigenvalue weighted by molar-refractivity contribution is 6.30. The van der Waals surface area contributed by atoms with E-state index in [9.17, 15) is 5.26 Å². The van der Waals surface area contributed by atoms with Gasteiger partial charge in [-0.05, 0) is 49.3 Å². The predicted octanol–water partition coefficient (Wildman–Crippen LogP) is 4.76. The van der Waals surface area contributed by atoms with Crippen LogP contribution in [0.5, 0.6) is 0 Å². The second kappa shape index (κ2) is 5.66. The first-order chi connectivity index (χ1) is 9.72. The number of benzene rings is 1. The van der Waals surface area contributed by atoms with Gasteiger partial charge in [0.25, 0.3) is 0 Å². The van der Waals surface area contributed by atoms with E-state index in [-0.39, 0.29) is 0 Å². The van der Waals surface area contributed by atoms with E-state index in [2.05, 4.69) is 11.0 Å². The lowest BCUT2D eigenvalue weighted by atomic mass is 9.68. The van der Waals surface area contributed by atoms with Crippen molar-refractivity contribution in [1.29, 1.82) is 5.26 Å². The van der Waals surface area contributed by atoms with Crippen LogP contribution in [0.15, 0.2) is 18.2 Å². The summed E-state index contributed by atoms with van der Waals surface area (Å²) in [4.78, 5) is 2.35. The standard InChI is InChI=1S/C17H21ClN2/c18-15-5-4-14(13-19)16(12-15)20-10-8-17(9-11-20)6-2-1-3-7-17/h4-5,12H,1-3,6-11H2. The Bertz CT molecular complexity index is 516. The number of piperidine rings is 1. The zero-order valence-electron chi connectivity index (χ0n) is 11.9. The van der Waals surface area contributed by atoms with Crippen molar-refractivity contribution in [2.24, 2.45) is 5.41 Å². The summed E-state index contributed by atoms with van der Waals surface area (Å²) in [6.07, 6.45) is 9.57. The van der Waals surface area contributed by atoms with Crippen LogP contribution >= 0.6 is 11.6 Å². The molecule has 1 aromatic rings. The molecule has 3 rings (SSSR count). The molecule has 1 saturated heterocycles. The fraction of sp³-hybridized carbons (Fsp3) is 0.588. The molecule has 1 aliphatic carbocycles. The van der Waals surface area contributed by atoms with Gasteiger partial charge < -0.3 is 4.90 Å². The molecular weight excluding hydrogens is 268 g/mol. The zero-order valence-corrected chi connectivity index (χ0v) is 12.6. The van der Waals surface area contributed by atoms with Gasteiger partial charge in [0.2, 0.25) is 0 Å². The van der Waals surface area contributed by atoms with Crippen molar-refractivity contribution in [3.05, 3.63) is 28.8 Å². The van der Waals surface area contributed by atoms with E-state index < -0.39 is 0 Å². The summed E-state index contributed by atoms with van der Waals surface area (Å²) in [6, 6.07) is 7.87. The molecule has 0 radical (unpaired) electrons. The summed E-state index contributed by atoms with van der Waals surface area (Å²) in [5, 5.41) is 9.98. The molecule has 0 unspecified atom stereocenters. The molecule has 2 fully saturated rings. The van der Waals surface area contributed by atoms with Crippen molar-refractivity contribution in [2.45, 2.75) is 44.9 Å². The molecule has 20 heavy (non-hydrogen) atoms. The second-order valence-electron chi connectivity index (χ2n) is 6.32. The molecule has 1 heterocycles. The minimum absolute atomic E-state index is 0.597. The Morgan fingerprint density at radius 3 is 2.40 bits per heavy atom. The van der Waals surface area contributed by atoms with E-state index >= 15 is 0 Å². The number of halogens is 1. The van der Waals surface area contributed by atoms with Crippen molar-refractivity contribution < 1.29 is 0 Å². The third-order valence-electron chi connectivity index (χ3n) is 5.16. The quantitative estimate of drug-likeness (QED) is 0.745. The van der Waals surface area contributed by atoms with Gasteiger partial charge >= 0.3 is 0 Å². The molecule has 0 aromatic heterocycles. The number of hydrogen-bond donors (Lipinski definition) is 0. The van der Waals surface area contributed by atoms with Crippen LogP contribution in [0.3, 0.4) is 0 Å². The summed E-state index contributed by atoms with van der Waals surface area (Å²) < 4.78 is 0. The van der Waals surface area contributed by atoms with Crippen molar-refractivity contribution in [1.82, 2.24) is 0 Å². The minimum atomic E-state index is 0.597. The smallest absolute Gasteiger partial charge is 0.101 e. The van der Waals surface area contributed by atoms with E-state index in [4.69, 9.17) is 11.6 Å². The molecule has 0 amide bonds. The zero-order chi connectivity index (χ0) is 14.0. The molecule has 2 aliphatic rings. The molecule has 2 nitrogen and oxygen atoms in total. The van der Waals surface area contributed by atoms with Crippen LogP contribution in [0.4, 0.5) is 5.69 Å². The Hall–Kier alpha value is -1.20. The average Bonchev–Trinajstić information content (AvgIpc) is 2.49. The van der Waals surface area contributed by atoms with Crippen molar-refractivity contribution in [3.8, 4) is 6.07 Å². The van der Waals surface area contributed by atoms with Gasteiger partial charge in [-0.25, -0.2) is 0 Å². The number of nitriles is 1. The summed E-state index contributed by atoms with van der Waals surface area (Å²) in [5.74, 6) is 0. The van der Waals surface area contributed by atoms with Crippen LogP contribution in [0.25, 0.3) is 0 Å². The van der Waals surface area contributed by atoms with Gasteiger partial charge in [0.15, 0.2) is 0 Å². The van der Waals surface area contributed by atoms with Crippen molar-refractivity contribution >= 4 is 17.3 Å². The molecule has 106 valence electrons. The summed E-state index contributed by atoms with van der Waals surface area (Å²) >= 11 is 6.10. The highest BCUT2D eigenvalue weighted by Crippen LogP contribution is 2.45. The van der Waals surface area contributed by atoms with Crippen molar-refractivity contribution in [3.63, 3.8) is 0 Å². The second-order valence-corrected chi connectivity index (χ2v) is 6.76. The summed E-state index contributed by atoms with van der Waals surface area (Å²) in [5.41, 5.74) is 2.36. The number of rotatable bonds is 1. The first kappa shape index (κ1) is 13.8. The maximum atomic E-state index is 9.26. The lowest BCUT2D eigenvalue weighted by Gasteiger charge is -2.45. The average molecular weight is 289 g/mol. The minimum Gasteiger partial charge on any atom is -0.370 e. The number of hydrogen-bond acceptors (Lipinski definition) is 2. The van der Waals surface area contributed by atoms with Gasteiger partial charge in [0, 0.05) is 18.1 Å². The normalized spacial score (nSPS) is 21.7. The topological polar surface area (TPSA) is 27.0 Å². The molecule has 0 N–H and O–H groups in total. The van der Waals surface area contributed by atoms with Crippen LogP contribution in [0.1, 0.15) is 50.5 Å². The third-order valence-corrected chi connectivity index (χ3v) is 5.39. The molecular formula is C17H21ClN2. The fourth-order valence-electron chi connectivity index (χ4n) is 3.88. The Balaban J connectivity index is 1.75. The Morgan fingerprint density at radius 2 is 1.75 bits per heavy atom. The highest BCUT2D eigenvalue weighted by Gasteiger charge is 2.35. The van der Waals surface area contributed by atoms with Gasteiger partial charge in [-0.3, -0.25) is 0 Å². The lowest BCUT2D eigenvalue weighted by Crippen LogP contribution is -2.41. The van der Waals surface area contributed by atoms with Gasteiger partial charge in [-0.1, -0.05) is 30.9 Å². The SMILES string of the molecule is N#Cc1ccc(Cl)cc1N1CCC2(CCCCC2)CC1. The van der Waals surface area contributed by atoms with Gasteiger partial charge in [0.1, 0.15) is 6.07 Å². The lowest BCUT2D eigenvalue weighted by molar-refractivity contribution is 0.144. The molecule has 0 atom stereocenters. The largest absolute Gasteiger partial charge is 0.370 e. The van der Waals surface area contributed by atoms with E-state index in [0.29, 0.717) is 5.41 Å². The van der Waals surface area contributed by atoms with Crippen LogP contribution < -0.4 is 4.90 Å². The predicted molar refractivity (Wildman–Crippen MR) is 83.1 cm³/mol. The van der Waals surface area contributed by atoms with Crippen LogP contribution in [0.2, 0.25) is 5.02 Å². The van der Waals surface area contributed by atoms with Crippen molar-refractivity contribution in [2.75, 3.05) is 18.0 Å². The first-order valence-electron chi connectivity index (χ1n) is 7.67. The molecule has 3 heteroatoms. The molecule has 0 bridgehead atoms. The van der Waals surface area contributed by atoms with Crippen LogP contribution in [-0.2, 0) is 0 Å². The number of anilines is 1. The van der Waals surface area contributed by atoms with E-state index in [1.165, 1.54) is 44.9 Å². The van der Waals surface area contributed by atoms with Gasteiger partial charge in [-0.15, -0.1) is 0 Å². The van der Waals surface area contributed by atoms with Gasteiger partial charge in [-0.2, -0.15) is 5.26 Å². The first-order valence-corrected chi connectivity index (χ1v) is 8.05. The summed E-state index contributed by atoms with van der Waals surface area (Å²) in [6.45, 7) is 2.13. The fourth-order valence-corrected chi connectivity index (χ4v) is 4.05. The van der Waals surface area contributed by atoms with E-state index in [1.807, 2.05) is 12.1 Å². The van der Waals surface area contributed by atoms with Crippen LogP contribution in [-0.4, -0.2) is 13.1 Å². The molecule has 1 spiro atoms. The Kier molecular flexibility index (Phi) is 3.89. The Labute approximate surface area is 126 Å². The third kappa shape index (κ3) is 2.65. The molecule has 1 saturated carbocycles. The monoisotopic (exact) mass is 288 g/mol. The summed E-state index contributed by atoms with van der Waals surface area (Å²) in [7, 11) is 0. The maximum Gasteiger partial charge on any atom is 0.101 e.